The lowest BCUT2D eigenvalue weighted by atomic mass is 9.74. The van der Waals surface area contributed by atoms with Crippen molar-refractivity contribution in [2.45, 2.75) is 49.9 Å². The standard InChI is InChI=1S/C40H42N4OSi/c1-39(2,3)46(37-25-15-7-16-26-37,38-27-17-8-18-28-38)45-36-29-35(42-43-41)30-44(31-36)40(32-19-9-4-10-20-32,33-21-11-5-12-22-33)34-23-13-6-14-24-34/h4-28,35-36H,29-31H2,1-3H3/t35-,36-/m1/s1. The van der Waals surface area contributed by atoms with Crippen LogP contribution >= 0.6 is 0 Å². The molecule has 1 fully saturated rings. The van der Waals surface area contributed by atoms with E-state index in [1.807, 2.05) is 0 Å². The van der Waals surface area contributed by atoms with Crippen LogP contribution in [-0.4, -0.2) is 38.5 Å². The molecular formula is C40H42N4OSi. The van der Waals surface area contributed by atoms with E-state index < -0.39 is 13.9 Å². The Labute approximate surface area is 274 Å². The molecule has 1 aliphatic heterocycles. The average molecular weight is 623 g/mol. The Kier molecular flexibility index (Phi) is 9.25. The Bertz CT molecular complexity index is 1600. The zero-order valence-electron chi connectivity index (χ0n) is 26.9. The first-order chi connectivity index (χ1) is 22.4. The topological polar surface area (TPSA) is 61.2 Å². The minimum atomic E-state index is -2.88. The third kappa shape index (κ3) is 5.81. The fourth-order valence-electron chi connectivity index (χ4n) is 7.57. The van der Waals surface area contributed by atoms with Gasteiger partial charge in [0.05, 0.1) is 17.7 Å². The quantitative estimate of drug-likeness (QED) is 0.0546. The molecule has 0 saturated carbocycles. The van der Waals surface area contributed by atoms with Crippen molar-refractivity contribution < 1.29 is 4.43 Å². The minimum absolute atomic E-state index is 0.179. The van der Waals surface area contributed by atoms with Crippen LogP contribution in [0.4, 0.5) is 0 Å². The molecule has 0 radical (unpaired) electrons. The minimum Gasteiger partial charge on any atom is -0.403 e. The molecule has 5 aromatic rings. The van der Waals surface area contributed by atoms with Crippen molar-refractivity contribution in [1.29, 1.82) is 0 Å². The highest BCUT2D eigenvalue weighted by Crippen LogP contribution is 2.45. The highest BCUT2D eigenvalue weighted by Gasteiger charge is 2.53. The summed E-state index contributed by atoms with van der Waals surface area (Å²) in [6, 6.07) is 53.5. The molecule has 232 valence electrons. The van der Waals surface area contributed by atoms with Crippen LogP contribution in [0.15, 0.2) is 157 Å². The van der Waals surface area contributed by atoms with Gasteiger partial charge in [0.1, 0.15) is 0 Å². The molecule has 0 aliphatic carbocycles. The average Bonchev–Trinajstić information content (AvgIpc) is 3.09. The Morgan fingerprint density at radius 2 is 1.02 bits per heavy atom. The number of likely N-dealkylation sites (tertiary alicyclic amines) is 1. The molecule has 0 N–H and O–H groups in total. The number of azide groups is 1. The number of rotatable bonds is 9. The summed E-state index contributed by atoms with van der Waals surface area (Å²) in [5, 5.41) is 6.70. The summed E-state index contributed by atoms with van der Waals surface area (Å²) < 4.78 is 7.74. The summed E-state index contributed by atoms with van der Waals surface area (Å²) in [7, 11) is -2.88. The Morgan fingerprint density at radius 3 is 1.39 bits per heavy atom. The van der Waals surface area contributed by atoms with E-state index in [4.69, 9.17) is 4.43 Å². The summed E-state index contributed by atoms with van der Waals surface area (Å²) in [5.74, 6) is 0. The summed E-state index contributed by atoms with van der Waals surface area (Å²) in [6.45, 7) is 8.21. The molecule has 0 unspecified atom stereocenters. The van der Waals surface area contributed by atoms with E-state index in [1.165, 1.54) is 10.4 Å². The van der Waals surface area contributed by atoms with Crippen LogP contribution in [0, 0.1) is 0 Å². The van der Waals surface area contributed by atoms with Gasteiger partial charge in [-0.3, -0.25) is 4.90 Å². The van der Waals surface area contributed by atoms with E-state index in [1.54, 1.807) is 0 Å². The lowest BCUT2D eigenvalue weighted by Gasteiger charge is -2.52. The fourth-order valence-corrected chi connectivity index (χ4v) is 12.3. The van der Waals surface area contributed by atoms with Crippen LogP contribution in [0.2, 0.25) is 5.04 Å². The van der Waals surface area contributed by atoms with Crippen LogP contribution in [0.25, 0.3) is 10.4 Å². The van der Waals surface area contributed by atoms with E-state index in [9.17, 15) is 5.53 Å². The van der Waals surface area contributed by atoms with Crippen molar-refractivity contribution in [3.8, 4) is 0 Å². The van der Waals surface area contributed by atoms with E-state index in [2.05, 4.69) is 187 Å². The second kappa shape index (κ2) is 13.5. The maximum atomic E-state index is 9.77. The second-order valence-corrected chi connectivity index (χ2v) is 17.5. The van der Waals surface area contributed by atoms with Crippen molar-refractivity contribution in [3.05, 3.63) is 179 Å². The molecular weight excluding hydrogens is 581 g/mol. The fraction of sp³-hybridized carbons (Fsp3) is 0.250. The van der Waals surface area contributed by atoms with Crippen LogP contribution in [-0.2, 0) is 9.96 Å². The Balaban J connectivity index is 1.56. The smallest absolute Gasteiger partial charge is 0.261 e. The normalized spacial score (nSPS) is 17.6. The third-order valence-electron chi connectivity index (χ3n) is 9.41. The van der Waals surface area contributed by atoms with Crippen molar-refractivity contribution in [2.75, 3.05) is 13.1 Å². The first-order valence-electron chi connectivity index (χ1n) is 16.1. The first-order valence-corrected chi connectivity index (χ1v) is 18.0. The maximum absolute atomic E-state index is 9.77. The number of nitrogens with zero attached hydrogens (tertiary/aromatic N) is 4. The molecule has 0 amide bonds. The Hall–Kier alpha value is -4.45. The predicted octanol–water partition coefficient (Wildman–Crippen LogP) is 8.31. The molecule has 46 heavy (non-hydrogen) atoms. The molecule has 0 aromatic heterocycles. The van der Waals surface area contributed by atoms with Crippen molar-refractivity contribution in [3.63, 3.8) is 0 Å². The van der Waals surface area contributed by atoms with Gasteiger partial charge < -0.3 is 4.43 Å². The van der Waals surface area contributed by atoms with Crippen LogP contribution in [0.3, 0.4) is 0 Å². The van der Waals surface area contributed by atoms with Crippen molar-refractivity contribution in [1.82, 2.24) is 4.90 Å². The van der Waals surface area contributed by atoms with Gasteiger partial charge in [0.2, 0.25) is 0 Å². The van der Waals surface area contributed by atoms with E-state index >= 15 is 0 Å². The zero-order valence-corrected chi connectivity index (χ0v) is 27.9. The van der Waals surface area contributed by atoms with Gasteiger partial charge in [-0.15, -0.1) is 0 Å². The molecule has 1 saturated heterocycles. The molecule has 5 aromatic carbocycles. The zero-order chi connectivity index (χ0) is 32.0. The summed E-state index contributed by atoms with van der Waals surface area (Å²) in [4.78, 5) is 5.86. The molecule has 6 heteroatoms. The lowest BCUT2D eigenvalue weighted by Crippen LogP contribution is -2.69. The van der Waals surface area contributed by atoms with E-state index in [0.717, 1.165) is 16.7 Å². The van der Waals surface area contributed by atoms with Gasteiger partial charge in [0, 0.05) is 18.0 Å². The summed E-state index contributed by atoms with van der Waals surface area (Å²) >= 11 is 0. The highest BCUT2D eigenvalue weighted by molar-refractivity contribution is 6.99. The number of hydrogen-bond donors (Lipinski definition) is 0. The van der Waals surface area contributed by atoms with Gasteiger partial charge in [-0.1, -0.05) is 178 Å². The lowest BCUT2D eigenvalue weighted by molar-refractivity contribution is 0.0287. The van der Waals surface area contributed by atoms with E-state index in [0.29, 0.717) is 19.5 Å². The van der Waals surface area contributed by atoms with Crippen LogP contribution < -0.4 is 10.4 Å². The van der Waals surface area contributed by atoms with Gasteiger partial charge in [-0.05, 0) is 44.1 Å². The van der Waals surface area contributed by atoms with Crippen molar-refractivity contribution in [2.24, 2.45) is 5.11 Å². The van der Waals surface area contributed by atoms with Gasteiger partial charge >= 0.3 is 0 Å². The third-order valence-corrected chi connectivity index (χ3v) is 14.5. The van der Waals surface area contributed by atoms with Gasteiger partial charge in [0.15, 0.2) is 0 Å². The number of hydrogen-bond acceptors (Lipinski definition) is 3. The van der Waals surface area contributed by atoms with Gasteiger partial charge in [-0.2, -0.15) is 0 Å². The molecule has 6 rings (SSSR count). The van der Waals surface area contributed by atoms with E-state index in [-0.39, 0.29) is 17.2 Å². The number of piperidine rings is 1. The monoisotopic (exact) mass is 622 g/mol. The summed E-state index contributed by atoms with van der Waals surface area (Å²) in [5.41, 5.74) is 12.6. The van der Waals surface area contributed by atoms with Gasteiger partial charge in [-0.25, -0.2) is 0 Å². The maximum Gasteiger partial charge on any atom is 0.261 e. The predicted molar refractivity (Wildman–Crippen MR) is 191 cm³/mol. The second-order valence-electron chi connectivity index (χ2n) is 13.2. The van der Waals surface area contributed by atoms with Crippen molar-refractivity contribution >= 4 is 18.7 Å². The molecule has 5 nitrogen and oxygen atoms in total. The van der Waals surface area contributed by atoms with Crippen LogP contribution in [0.5, 0.6) is 0 Å². The first kappa shape index (κ1) is 31.5. The molecule has 1 heterocycles. The SMILES string of the molecule is CC(C)(C)[Si](O[C@@H]1C[C@@H](N=[N+]=[N-])CN(C(c2ccccc2)(c2ccccc2)c2ccccc2)C1)(c1ccccc1)c1ccccc1. The molecule has 1 aliphatic rings. The molecule has 0 bridgehead atoms. The summed E-state index contributed by atoms with van der Waals surface area (Å²) in [6.07, 6.45) is 0.463. The van der Waals surface area contributed by atoms with Crippen LogP contribution in [0.1, 0.15) is 43.9 Å². The Morgan fingerprint density at radius 1 is 0.630 bits per heavy atom. The highest BCUT2D eigenvalue weighted by atomic mass is 28.4. The molecule has 2 atom stereocenters. The largest absolute Gasteiger partial charge is 0.403 e. The number of benzene rings is 5. The van der Waals surface area contributed by atoms with Gasteiger partial charge in [0.25, 0.3) is 8.32 Å². The molecule has 0 spiro atoms.